The van der Waals surface area contributed by atoms with Gasteiger partial charge in [0.25, 0.3) is 0 Å². The molecule has 0 aliphatic rings. The van der Waals surface area contributed by atoms with Crippen molar-refractivity contribution in [2.75, 3.05) is 0 Å². The highest BCUT2D eigenvalue weighted by atomic mass is 32.1. The van der Waals surface area contributed by atoms with E-state index in [2.05, 4.69) is 0 Å². The van der Waals surface area contributed by atoms with Crippen LogP contribution in [0.25, 0.3) is 115 Å². The first kappa shape index (κ1) is 50.0. The number of rotatable bonds is 7. The van der Waals surface area contributed by atoms with Gasteiger partial charge in [-0.25, -0.2) is 15.0 Å². The molecule has 0 fully saturated rings. The van der Waals surface area contributed by atoms with Gasteiger partial charge in [-0.05, 0) is 106 Å². The Kier molecular flexibility index (Phi) is 11.8. The van der Waals surface area contributed by atoms with Crippen molar-refractivity contribution in [2.45, 2.75) is 24.7 Å². The summed E-state index contributed by atoms with van der Waals surface area (Å²) < 4.78 is 176. The molecule has 12 aromatic rings. The van der Waals surface area contributed by atoms with Gasteiger partial charge in [-0.15, -0.1) is 11.3 Å². The number of benzene rings is 9. The van der Waals surface area contributed by atoms with Gasteiger partial charge >= 0.3 is 24.7 Å². The van der Waals surface area contributed by atoms with E-state index in [9.17, 15) is 52.7 Å². The topological polar surface area (TPSA) is 43.6 Å². The lowest BCUT2D eigenvalue weighted by Gasteiger charge is -2.18. The van der Waals surface area contributed by atoms with E-state index in [-0.39, 0.29) is 50.9 Å². The fourth-order valence-corrected chi connectivity index (χ4v) is 11.2. The molecule has 9 aromatic carbocycles. The lowest BCUT2D eigenvalue weighted by Crippen LogP contribution is -2.12. The van der Waals surface area contributed by atoms with Crippen molar-refractivity contribution < 1.29 is 52.7 Å². The summed E-state index contributed by atoms with van der Waals surface area (Å²) in [6, 6.07) is 48.3. The minimum Gasteiger partial charge on any atom is -0.308 e. The predicted molar refractivity (Wildman–Crippen MR) is 280 cm³/mol. The molecule has 0 saturated heterocycles. The maximum absolute atomic E-state index is 14.8. The smallest absolute Gasteiger partial charge is 0.308 e. The molecule has 17 heteroatoms. The van der Waals surface area contributed by atoms with Gasteiger partial charge in [0.15, 0.2) is 17.5 Å². The second-order valence-electron chi connectivity index (χ2n) is 18.4. The van der Waals surface area contributed by atoms with Gasteiger partial charge in [-0.1, -0.05) is 121 Å². The molecule has 0 saturated carbocycles. The lowest BCUT2D eigenvalue weighted by molar-refractivity contribution is -0.144. The van der Waals surface area contributed by atoms with Crippen molar-refractivity contribution >= 4 is 53.3 Å². The van der Waals surface area contributed by atoms with Crippen LogP contribution in [-0.2, 0) is 24.7 Å². The Morgan fingerprint density at radius 2 is 0.782 bits per heavy atom. The number of halogens is 12. The zero-order valence-electron chi connectivity index (χ0n) is 39.7. The van der Waals surface area contributed by atoms with Gasteiger partial charge in [-0.2, -0.15) is 52.7 Å². The highest BCUT2D eigenvalue weighted by Crippen LogP contribution is 2.48. The molecule has 0 amide bonds. The van der Waals surface area contributed by atoms with Crippen LogP contribution in [0.2, 0.25) is 0 Å². The van der Waals surface area contributed by atoms with Gasteiger partial charge in [0, 0.05) is 47.6 Å². The Bertz CT molecular complexity index is 4140. The quantitative estimate of drug-likeness (QED) is 0.149. The number of hydrogen-bond donors (Lipinski definition) is 0. The van der Waals surface area contributed by atoms with Crippen LogP contribution in [0.4, 0.5) is 52.7 Å². The molecule has 12 rings (SSSR count). The molecule has 3 heterocycles. The zero-order chi connectivity index (χ0) is 54.5. The molecule has 3 aromatic heterocycles. The SMILES string of the molecule is FC(F)(F)c1ccc(-c2ccc3c(c2)c2cc(-c4ccc(C(F)(F)F)cc4C(F)(F)F)ccc2n3-c2ccc(-c3cccc4sc5ccccc5c34)cc2-c2nc(-c3ccccc3)nc(-c3ccccc3)n2)c(C(F)(F)F)c1. The molecule has 0 aliphatic heterocycles. The minimum absolute atomic E-state index is 0.0134. The van der Waals surface area contributed by atoms with Crippen molar-refractivity contribution in [3.8, 4) is 73.2 Å². The number of nitrogens with zero attached hydrogens (tertiary/aromatic N) is 4. The maximum Gasteiger partial charge on any atom is 0.417 e. The average molecular weight is 1080 g/mol. The minimum atomic E-state index is -5.28. The summed E-state index contributed by atoms with van der Waals surface area (Å²) >= 11 is 1.62. The molecule has 0 N–H and O–H groups in total. The Labute approximate surface area is 438 Å². The molecule has 78 heavy (non-hydrogen) atoms. The molecule has 0 aliphatic carbocycles. The Morgan fingerprint density at radius 1 is 0.321 bits per heavy atom. The standard InChI is InChI=1S/C61H32F12N4S/c62-58(63,64)38-21-23-40(47(31-38)60(68,69)70)35-18-25-49-44(28-35)45-29-36(41-24-22-39(59(65,66)67)32-48(41)61(71,72)73)19-26-50(45)77(49)51-27-20-37(42-15-9-17-53-54(42)43-14-7-8-16-52(43)78-53)30-46(51)57-75-55(33-10-3-1-4-11-33)74-56(76-57)34-12-5-2-6-13-34/h1-32H. The number of aromatic nitrogens is 4. The van der Waals surface area contributed by atoms with Gasteiger partial charge in [0.05, 0.1) is 39.0 Å². The van der Waals surface area contributed by atoms with Crippen LogP contribution in [0.5, 0.6) is 0 Å². The highest BCUT2D eigenvalue weighted by Gasteiger charge is 2.40. The summed E-state index contributed by atoms with van der Waals surface area (Å²) in [5.41, 5.74) is -3.71. The van der Waals surface area contributed by atoms with Crippen LogP contribution < -0.4 is 0 Å². The van der Waals surface area contributed by atoms with E-state index in [0.29, 0.717) is 58.3 Å². The molecular formula is C61H32F12N4S. The van der Waals surface area contributed by atoms with E-state index >= 15 is 0 Å². The molecule has 0 atom stereocenters. The predicted octanol–water partition coefficient (Wildman–Crippen LogP) is 19.4. The van der Waals surface area contributed by atoms with Gasteiger partial charge in [0.2, 0.25) is 0 Å². The van der Waals surface area contributed by atoms with Gasteiger partial charge in [0.1, 0.15) is 0 Å². The normalized spacial score (nSPS) is 12.6. The largest absolute Gasteiger partial charge is 0.417 e. The maximum atomic E-state index is 14.8. The van der Waals surface area contributed by atoms with Crippen molar-refractivity contribution in [1.82, 2.24) is 19.5 Å². The van der Waals surface area contributed by atoms with Gasteiger partial charge in [-0.3, -0.25) is 0 Å². The van der Waals surface area contributed by atoms with E-state index in [1.54, 1.807) is 22.0 Å². The second kappa shape index (κ2) is 18.4. The second-order valence-corrected chi connectivity index (χ2v) is 19.4. The van der Waals surface area contributed by atoms with Crippen LogP contribution in [0.3, 0.4) is 0 Å². The molecule has 0 spiro atoms. The number of alkyl halides is 12. The molecular weight excluding hydrogens is 1050 g/mol. The Hall–Kier alpha value is -8.83. The van der Waals surface area contributed by atoms with E-state index in [0.717, 1.165) is 31.3 Å². The highest BCUT2D eigenvalue weighted by molar-refractivity contribution is 7.25. The third-order valence-electron chi connectivity index (χ3n) is 13.6. The third kappa shape index (κ3) is 8.96. The summed E-state index contributed by atoms with van der Waals surface area (Å²) in [6.07, 6.45) is -20.8. The number of hydrogen-bond acceptors (Lipinski definition) is 4. The molecule has 0 bridgehead atoms. The molecule has 0 radical (unpaired) electrons. The van der Waals surface area contributed by atoms with E-state index in [4.69, 9.17) is 15.0 Å². The Morgan fingerprint density at radius 3 is 1.29 bits per heavy atom. The molecule has 4 nitrogen and oxygen atoms in total. The van der Waals surface area contributed by atoms with Crippen LogP contribution in [-0.4, -0.2) is 19.5 Å². The summed E-state index contributed by atoms with van der Waals surface area (Å²) in [6.45, 7) is 0. The van der Waals surface area contributed by atoms with Crippen molar-refractivity contribution in [1.29, 1.82) is 0 Å². The lowest BCUT2D eigenvalue weighted by atomic mass is 9.94. The monoisotopic (exact) mass is 1080 g/mol. The van der Waals surface area contributed by atoms with E-state index < -0.39 is 58.1 Å². The fraction of sp³-hybridized carbons (Fsp3) is 0.0656. The van der Waals surface area contributed by atoms with Crippen molar-refractivity contribution in [3.05, 3.63) is 216 Å². The first-order chi connectivity index (χ1) is 37.2. The van der Waals surface area contributed by atoms with Crippen molar-refractivity contribution in [2.24, 2.45) is 0 Å². The molecule has 386 valence electrons. The van der Waals surface area contributed by atoms with E-state index in [1.165, 1.54) is 36.4 Å². The van der Waals surface area contributed by atoms with Crippen LogP contribution >= 0.6 is 11.3 Å². The fourth-order valence-electron chi connectivity index (χ4n) is 10.1. The van der Waals surface area contributed by atoms with Crippen LogP contribution in [0, 0.1) is 0 Å². The third-order valence-corrected chi connectivity index (χ3v) is 14.7. The average Bonchev–Trinajstić information content (AvgIpc) is 4.15. The summed E-state index contributed by atoms with van der Waals surface area (Å²) in [4.78, 5) is 15.1. The van der Waals surface area contributed by atoms with Crippen molar-refractivity contribution in [3.63, 3.8) is 0 Å². The van der Waals surface area contributed by atoms with Crippen LogP contribution in [0.15, 0.2) is 194 Å². The Balaban J connectivity index is 1.17. The van der Waals surface area contributed by atoms with Crippen LogP contribution in [0.1, 0.15) is 22.3 Å². The van der Waals surface area contributed by atoms with E-state index in [1.807, 2.05) is 115 Å². The van der Waals surface area contributed by atoms with Gasteiger partial charge < -0.3 is 4.57 Å². The first-order valence-electron chi connectivity index (χ1n) is 23.8. The number of thiophene rings is 1. The molecule has 0 unspecified atom stereocenters. The summed E-state index contributed by atoms with van der Waals surface area (Å²) in [5.74, 6) is 0.767. The first-order valence-corrected chi connectivity index (χ1v) is 24.6. The summed E-state index contributed by atoms with van der Waals surface area (Å²) in [5, 5.41) is 2.25. The summed E-state index contributed by atoms with van der Waals surface area (Å²) in [7, 11) is 0. The zero-order valence-corrected chi connectivity index (χ0v) is 40.5. The number of fused-ring (bicyclic) bond motifs is 6.